The molecule has 13 nitrogen and oxygen atoms in total. The van der Waals surface area contributed by atoms with E-state index in [1.54, 1.807) is 13.8 Å². The number of nitrogens with zero attached hydrogens (tertiary/aromatic N) is 2. The van der Waals surface area contributed by atoms with Crippen molar-refractivity contribution in [3.63, 3.8) is 0 Å². The Morgan fingerprint density at radius 3 is 2.11 bits per heavy atom. The Kier molecular flexibility index (Phi) is 13.5. The van der Waals surface area contributed by atoms with Gasteiger partial charge in [-0.2, -0.15) is 0 Å². The summed E-state index contributed by atoms with van der Waals surface area (Å²) in [4.78, 5) is 84.8. The molecule has 47 heavy (non-hydrogen) atoms. The fraction of sp³-hybridized carbons (Fsp3) is 0.412. The predicted molar refractivity (Wildman–Crippen MR) is 175 cm³/mol. The molecule has 0 fully saturated rings. The molecular weight excluding hydrogens is 602 g/mol. The lowest BCUT2D eigenvalue weighted by Crippen LogP contribution is -2.57. The maximum absolute atomic E-state index is 13.4. The van der Waals surface area contributed by atoms with Gasteiger partial charge in [-0.3, -0.25) is 28.8 Å². The first-order chi connectivity index (χ1) is 22.4. The standard InChI is InChI=1S/C34H43N7O6/c1-5-21(4)30(41-33(46)27(12-20(2)3)40-28(42)15-23-16-36-19-37-17-23)31(44)34(47)38-18-29(43)39-26(32(35)45)14-22-10-11-24-8-6-7-9-25(24)13-22/h6-11,13,16-17,19-21,26-27,30H,5,12,14-15,18H2,1-4H3,(H2,35,45)(H,38,47)(H,39,43)(H,40,42)(H,41,46). The summed E-state index contributed by atoms with van der Waals surface area (Å²) in [6.07, 6.45) is 5.18. The molecule has 0 aliphatic heterocycles. The Labute approximate surface area is 273 Å². The van der Waals surface area contributed by atoms with E-state index >= 15 is 0 Å². The number of carbonyl (C=O) groups excluding carboxylic acids is 6. The van der Waals surface area contributed by atoms with Crippen LogP contribution in [0.4, 0.5) is 0 Å². The number of hydrogen-bond donors (Lipinski definition) is 5. The number of carbonyl (C=O) groups is 6. The molecular formula is C34H43N7O6. The average molecular weight is 646 g/mol. The van der Waals surface area contributed by atoms with Crippen LogP contribution < -0.4 is 27.0 Å². The van der Waals surface area contributed by atoms with E-state index in [1.807, 2.05) is 56.3 Å². The van der Waals surface area contributed by atoms with E-state index in [-0.39, 0.29) is 25.2 Å². The fourth-order valence-corrected chi connectivity index (χ4v) is 4.97. The van der Waals surface area contributed by atoms with Gasteiger partial charge in [0.15, 0.2) is 0 Å². The van der Waals surface area contributed by atoms with Gasteiger partial charge in [-0.25, -0.2) is 9.97 Å². The topological polar surface area (TPSA) is 202 Å². The molecule has 0 saturated carbocycles. The van der Waals surface area contributed by atoms with Gasteiger partial charge in [0.25, 0.3) is 5.91 Å². The fourth-order valence-electron chi connectivity index (χ4n) is 4.97. The van der Waals surface area contributed by atoms with E-state index in [0.717, 1.165) is 16.3 Å². The van der Waals surface area contributed by atoms with E-state index in [1.165, 1.54) is 18.7 Å². The van der Waals surface area contributed by atoms with Crippen molar-refractivity contribution in [1.82, 2.24) is 31.2 Å². The van der Waals surface area contributed by atoms with Crippen molar-refractivity contribution in [1.29, 1.82) is 0 Å². The molecule has 1 aromatic heterocycles. The summed E-state index contributed by atoms with van der Waals surface area (Å²) >= 11 is 0. The number of rotatable bonds is 17. The van der Waals surface area contributed by atoms with Crippen LogP contribution in [0.15, 0.2) is 61.2 Å². The van der Waals surface area contributed by atoms with Crippen molar-refractivity contribution in [3.05, 3.63) is 72.3 Å². The second kappa shape index (κ2) is 17.5. The molecule has 3 aromatic rings. The summed E-state index contributed by atoms with van der Waals surface area (Å²) in [6.45, 7) is 6.69. The maximum atomic E-state index is 13.4. The summed E-state index contributed by atoms with van der Waals surface area (Å²) in [5.41, 5.74) is 6.89. The van der Waals surface area contributed by atoms with Gasteiger partial charge >= 0.3 is 0 Å². The minimum atomic E-state index is -1.21. The molecule has 4 unspecified atom stereocenters. The number of fused-ring (bicyclic) bond motifs is 1. The Balaban J connectivity index is 1.60. The van der Waals surface area contributed by atoms with Crippen molar-refractivity contribution >= 4 is 46.1 Å². The Hall–Kier alpha value is -5.20. The van der Waals surface area contributed by atoms with Crippen molar-refractivity contribution in [3.8, 4) is 0 Å². The summed E-state index contributed by atoms with van der Waals surface area (Å²) in [5.74, 6) is -4.95. The molecule has 0 radical (unpaired) electrons. The van der Waals surface area contributed by atoms with Gasteiger partial charge in [0.05, 0.1) is 19.0 Å². The minimum absolute atomic E-state index is 0.0242. The second-order valence-corrected chi connectivity index (χ2v) is 12.0. The van der Waals surface area contributed by atoms with Crippen molar-refractivity contribution in [2.24, 2.45) is 17.6 Å². The predicted octanol–water partition coefficient (Wildman–Crippen LogP) is 1.13. The summed E-state index contributed by atoms with van der Waals surface area (Å²) < 4.78 is 0. The highest BCUT2D eigenvalue weighted by molar-refractivity contribution is 6.38. The first-order valence-corrected chi connectivity index (χ1v) is 15.6. The monoisotopic (exact) mass is 645 g/mol. The maximum Gasteiger partial charge on any atom is 0.290 e. The van der Waals surface area contributed by atoms with E-state index < -0.39 is 65.9 Å². The number of benzene rings is 2. The molecule has 6 N–H and O–H groups in total. The van der Waals surface area contributed by atoms with Gasteiger partial charge in [0, 0.05) is 18.8 Å². The van der Waals surface area contributed by atoms with Gasteiger partial charge in [0.1, 0.15) is 18.4 Å². The highest BCUT2D eigenvalue weighted by Crippen LogP contribution is 2.17. The van der Waals surface area contributed by atoms with E-state index in [0.29, 0.717) is 12.0 Å². The van der Waals surface area contributed by atoms with Crippen LogP contribution in [0.25, 0.3) is 10.8 Å². The molecule has 0 aliphatic rings. The number of ketones is 1. The number of hydrogen-bond acceptors (Lipinski definition) is 8. The van der Waals surface area contributed by atoms with Crippen LogP contribution in [0.1, 0.15) is 51.7 Å². The van der Waals surface area contributed by atoms with Gasteiger partial charge in [-0.15, -0.1) is 0 Å². The second-order valence-electron chi connectivity index (χ2n) is 12.0. The SMILES string of the molecule is CCC(C)C(NC(=O)C(CC(C)C)NC(=O)Cc1cncnc1)C(=O)C(=O)NCC(=O)NC(Cc1ccc2ccccc2c1)C(N)=O. The molecule has 5 amide bonds. The molecule has 250 valence electrons. The van der Waals surface area contributed by atoms with E-state index in [9.17, 15) is 28.8 Å². The largest absolute Gasteiger partial charge is 0.368 e. The van der Waals surface area contributed by atoms with Crippen LogP contribution >= 0.6 is 0 Å². The third-order valence-corrected chi connectivity index (χ3v) is 7.70. The third-order valence-electron chi connectivity index (χ3n) is 7.70. The average Bonchev–Trinajstić information content (AvgIpc) is 3.04. The lowest BCUT2D eigenvalue weighted by molar-refractivity contribution is -0.142. The zero-order valence-corrected chi connectivity index (χ0v) is 27.1. The van der Waals surface area contributed by atoms with Crippen LogP contribution in [-0.2, 0) is 41.6 Å². The molecule has 0 bridgehead atoms. The number of aromatic nitrogens is 2. The lowest BCUT2D eigenvalue weighted by Gasteiger charge is -2.26. The van der Waals surface area contributed by atoms with Gasteiger partial charge in [-0.1, -0.05) is 76.6 Å². The van der Waals surface area contributed by atoms with Crippen LogP contribution in [0, 0.1) is 11.8 Å². The third kappa shape index (κ3) is 11.3. The number of nitrogens with one attached hydrogen (secondary N) is 4. The van der Waals surface area contributed by atoms with Crippen LogP contribution in [0.3, 0.4) is 0 Å². The normalized spacial score (nSPS) is 13.6. The van der Waals surface area contributed by atoms with Crippen molar-refractivity contribution in [2.45, 2.75) is 71.5 Å². The quantitative estimate of drug-likeness (QED) is 0.134. The minimum Gasteiger partial charge on any atom is -0.368 e. The summed E-state index contributed by atoms with van der Waals surface area (Å²) in [7, 11) is 0. The Bertz CT molecular complexity index is 1580. The van der Waals surface area contributed by atoms with Crippen LogP contribution in [-0.4, -0.2) is 70.0 Å². The van der Waals surface area contributed by atoms with Gasteiger partial charge in [0.2, 0.25) is 29.4 Å². The highest BCUT2D eigenvalue weighted by atomic mass is 16.2. The van der Waals surface area contributed by atoms with Gasteiger partial charge < -0.3 is 27.0 Å². The molecule has 2 aromatic carbocycles. The number of nitrogens with two attached hydrogens (primary N) is 1. The van der Waals surface area contributed by atoms with E-state index in [2.05, 4.69) is 31.2 Å². The smallest absolute Gasteiger partial charge is 0.290 e. The van der Waals surface area contributed by atoms with Gasteiger partial charge in [-0.05, 0) is 40.2 Å². The van der Waals surface area contributed by atoms with E-state index in [4.69, 9.17) is 5.73 Å². The van der Waals surface area contributed by atoms with Crippen molar-refractivity contribution in [2.75, 3.05) is 6.54 Å². The number of amides is 5. The van der Waals surface area contributed by atoms with Crippen molar-refractivity contribution < 1.29 is 28.8 Å². The molecule has 0 spiro atoms. The highest BCUT2D eigenvalue weighted by Gasteiger charge is 2.33. The summed E-state index contributed by atoms with van der Waals surface area (Å²) in [6, 6.07) is 10.1. The Morgan fingerprint density at radius 2 is 1.47 bits per heavy atom. The first kappa shape index (κ1) is 36.3. The summed E-state index contributed by atoms with van der Waals surface area (Å²) in [5, 5.41) is 12.1. The number of primary amides is 1. The zero-order chi connectivity index (χ0) is 34.5. The van der Waals surface area contributed by atoms with Crippen LogP contribution in [0.2, 0.25) is 0 Å². The molecule has 4 atom stereocenters. The molecule has 1 heterocycles. The zero-order valence-electron chi connectivity index (χ0n) is 27.1. The lowest BCUT2D eigenvalue weighted by atomic mass is 9.93. The molecule has 0 saturated heterocycles. The molecule has 0 aliphatic carbocycles. The van der Waals surface area contributed by atoms with Crippen LogP contribution in [0.5, 0.6) is 0 Å². The molecule has 13 heteroatoms. The molecule has 3 rings (SSSR count). The number of Topliss-reactive ketones (excluding diaryl/α,β-unsaturated/α-hetero) is 1. The first-order valence-electron chi connectivity index (χ1n) is 15.6. The Morgan fingerprint density at radius 1 is 0.809 bits per heavy atom.